The van der Waals surface area contributed by atoms with E-state index in [0.717, 1.165) is 31.6 Å². The number of nitrogens with two attached hydrogens (primary N) is 1. The van der Waals surface area contributed by atoms with E-state index in [4.69, 9.17) is 10.5 Å². The van der Waals surface area contributed by atoms with E-state index < -0.39 is 0 Å². The number of piperidine rings is 1. The van der Waals surface area contributed by atoms with Crippen LogP contribution in [0.15, 0.2) is 24.3 Å². The first-order chi connectivity index (χ1) is 11.5. The second kappa shape index (κ2) is 9.27. The Morgan fingerprint density at radius 3 is 2.58 bits per heavy atom. The number of rotatable bonds is 8. The highest BCUT2D eigenvalue weighted by Gasteiger charge is 2.21. The minimum Gasteiger partial charge on any atom is -0.493 e. The van der Waals surface area contributed by atoms with Crippen molar-refractivity contribution in [3.63, 3.8) is 0 Å². The van der Waals surface area contributed by atoms with Crippen molar-refractivity contribution in [2.45, 2.75) is 32.6 Å². The zero-order valence-corrected chi connectivity index (χ0v) is 14.2. The van der Waals surface area contributed by atoms with Crippen LogP contribution in [0.3, 0.4) is 0 Å². The highest BCUT2D eigenvalue weighted by atomic mass is 16.5. The number of primary amides is 1. The van der Waals surface area contributed by atoms with E-state index >= 15 is 0 Å². The van der Waals surface area contributed by atoms with E-state index in [1.54, 1.807) is 24.3 Å². The molecule has 1 aliphatic rings. The second-order valence-corrected chi connectivity index (χ2v) is 6.41. The van der Waals surface area contributed by atoms with Crippen molar-refractivity contribution in [2.24, 2.45) is 17.6 Å². The number of ether oxygens (including phenoxy) is 1. The maximum absolute atomic E-state index is 12.2. The molecule has 132 valence electrons. The van der Waals surface area contributed by atoms with Crippen LogP contribution in [0.25, 0.3) is 0 Å². The van der Waals surface area contributed by atoms with Gasteiger partial charge in [0.2, 0.25) is 11.8 Å². The lowest BCUT2D eigenvalue weighted by atomic mass is 9.84. The van der Waals surface area contributed by atoms with Gasteiger partial charge in [-0.25, -0.2) is 0 Å². The van der Waals surface area contributed by atoms with E-state index in [1.807, 2.05) is 0 Å². The molecule has 0 radical (unpaired) electrons. The Morgan fingerprint density at radius 1 is 1.29 bits per heavy atom. The molecule has 0 bridgehead atoms. The van der Waals surface area contributed by atoms with Gasteiger partial charge in [0.1, 0.15) is 5.75 Å². The van der Waals surface area contributed by atoms with Gasteiger partial charge in [0.15, 0.2) is 0 Å². The molecule has 1 heterocycles. The summed E-state index contributed by atoms with van der Waals surface area (Å²) in [5.41, 5.74) is 5.81. The standard InChI is InChI=1S/C18H27N3O3/c1-13(14-6-9-20-10-7-14)12-18(23)21-15-2-4-16(5-3-15)24-11-8-17(19)22/h2-5,13-14,20H,6-12H2,1H3,(H2,19,22)(H,21,23). The van der Waals surface area contributed by atoms with Gasteiger partial charge in [-0.05, 0) is 62.0 Å². The van der Waals surface area contributed by atoms with E-state index in [1.165, 1.54) is 0 Å². The Labute approximate surface area is 143 Å². The van der Waals surface area contributed by atoms with Crippen LogP contribution in [0.2, 0.25) is 0 Å². The minimum absolute atomic E-state index is 0.0448. The summed E-state index contributed by atoms with van der Waals surface area (Å²) in [6.45, 7) is 4.52. The van der Waals surface area contributed by atoms with Crippen molar-refractivity contribution in [1.82, 2.24) is 5.32 Å². The van der Waals surface area contributed by atoms with Gasteiger partial charge in [-0.2, -0.15) is 0 Å². The Morgan fingerprint density at radius 2 is 1.96 bits per heavy atom. The third kappa shape index (κ3) is 6.20. The monoisotopic (exact) mass is 333 g/mol. The fraction of sp³-hybridized carbons (Fsp3) is 0.556. The summed E-state index contributed by atoms with van der Waals surface area (Å²) in [6.07, 6.45) is 3.02. The van der Waals surface area contributed by atoms with Crippen LogP contribution in [0.4, 0.5) is 5.69 Å². The number of anilines is 1. The summed E-state index contributed by atoms with van der Waals surface area (Å²) in [5.74, 6) is 1.32. The topological polar surface area (TPSA) is 93.4 Å². The van der Waals surface area contributed by atoms with Crippen molar-refractivity contribution < 1.29 is 14.3 Å². The summed E-state index contributed by atoms with van der Waals surface area (Å²) < 4.78 is 5.40. The zero-order valence-electron chi connectivity index (χ0n) is 14.2. The largest absolute Gasteiger partial charge is 0.493 e. The Hall–Kier alpha value is -2.08. The number of nitrogens with one attached hydrogen (secondary N) is 2. The van der Waals surface area contributed by atoms with Crippen molar-refractivity contribution in [3.8, 4) is 5.75 Å². The summed E-state index contributed by atoms with van der Waals surface area (Å²) in [6, 6.07) is 7.14. The summed E-state index contributed by atoms with van der Waals surface area (Å²) in [7, 11) is 0. The highest BCUT2D eigenvalue weighted by Crippen LogP contribution is 2.25. The number of hydrogen-bond acceptors (Lipinski definition) is 4. The lowest BCUT2D eigenvalue weighted by Crippen LogP contribution is -2.32. The first-order valence-corrected chi connectivity index (χ1v) is 8.56. The maximum Gasteiger partial charge on any atom is 0.224 e. The Kier molecular flexibility index (Phi) is 7.06. The predicted molar refractivity (Wildman–Crippen MR) is 93.8 cm³/mol. The fourth-order valence-electron chi connectivity index (χ4n) is 2.99. The molecule has 1 saturated heterocycles. The molecule has 1 aromatic rings. The molecule has 1 aromatic carbocycles. The van der Waals surface area contributed by atoms with Crippen LogP contribution in [-0.2, 0) is 9.59 Å². The summed E-state index contributed by atoms with van der Waals surface area (Å²) >= 11 is 0. The molecule has 4 N–H and O–H groups in total. The first-order valence-electron chi connectivity index (χ1n) is 8.56. The molecular weight excluding hydrogens is 306 g/mol. The number of carbonyl (C=O) groups excluding carboxylic acids is 2. The number of benzene rings is 1. The van der Waals surface area contributed by atoms with Crippen LogP contribution < -0.4 is 21.1 Å². The van der Waals surface area contributed by atoms with Crippen LogP contribution in [0, 0.1) is 11.8 Å². The van der Waals surface area contributed by atoms with Gasteiger partial charge < -0.3 is 21.1 Å². The zero-order chi connectivity index (χ0) is 17.4. The Balaban J connectivity index is 1.75. The quantitative estimate of drug-likeness (QED) is 0.677. The smallest absolute Gasteiger partial charge is 0.224 e. The maximum atomic E-state index is 12.2. The molecule has 2 amide bonds. The Bertz CT molecular complexity index is 539. The molecule has 0 aromatic heterocycles. The first kappa shape index (κ1) is 18.3. The van der Waals surface area contributed by atoms with Crippen LogP contribution in [0.1, 0.15) is 32.6 Å². The van der Waals surface area contributed by atoms with Gasteiger partial charge in [-0.15, -0.1) is 0 Å². The minimum atomic E-state index is -0.387. The van der Waals surface area contributed by atoms with Crippen molar-refractivity contribution in [1.29, 1.82) is 0 Å². The molecule has 1 aliphatic heterocycles. The third-order valence-electron chi connectivity index (χ3n) is 4.45. The van der Waals surface area contributed by atoms with E-state index in [2.05, 4.69) is 17.6 Å². The van der Waals surface area contributed by atoms with Gasteiger partial charge in [0, 0.05) is 12.1 Å². The molecule has 0 spiro atoms. The molecule has 1 unspecified atom stereocenters. The van der Waals surface area contributed by atoms with Crippen LogP contribution >= 0.6 is 0 Å². The lowest BCUT2D eigenvalue weighted by molar-refractivity contribution is -0.119. The molecule has 0 saturated carbocycles. The van der Waals surface area contributed by atoms with Gasteiger partial charge in [-0.3, -0.25) is 9.59 Å². The molecule has 24 heavy (non-hydrogen) atoms. The molecule has 2 rings (SSSR count). The SMILES string of the molecule is CC(CC(=O)Nc1ccc(OCCC(N)=O)cc1)C1CCNCC1. The average Bonchev–Trinajstić information content (AvgIpc) is 2.57. The molecule has 1 atom stereocenters. The van der Waals surface area contributed by atoms with E-state index in [0.29, 0.717) is 24.0 Å². The molecule has 0 aliphatic carbocycles. The highest BCUT2D eigenvalue weighted by molar-refractivity contribution is 5.90. The molecule has 6 nitrogen and oxygen atoms in total. The number of carbonyl (C=O) groups is 2. The molecule has 6 heteroatoms. The van der Waals surface area contributed by atoms with Crippen molar-refractivity contribution in [3.05, 3.63) is 24.3 Å². The number of amides is 2. The van der Waals surface area contributed by atoms with Gasteiger partial charge in [0.25, 0.3) is 0 Å². The third-order valence-corrected chi connectivity index (χ3v) is 4.45. The summed E-state index contributed by atoms with van der Waals surface area (Å²) in [5, 5.41) is 6.28. The normalized spacial score (nSPS) is 16.4. The van der Waals surface area contributed by atoms with Crippen molar-refractivity contribution in [2.75, 3.05) is 25.0 Å². The van der Waals surface area contributed by atoms with E-state index in [9.17, 15) is 9.59 Å². The van der Waals surface area contributed by atoms with Gasteiger partial charge >= 0.3 is 0 Å². The van der Waals surface area contributed by atoms with Crippen LogP contribution in [-0.4, -0.2) is 31.5 Å². The molecule has 1 fully saturated rings. The van der Waals surface area contributed by atoms with E-state index in [-0.39, 0.29) is 24.8 Å². The predicted octanol–water partition coefficient (Wildman–Crippen LogP) is 1.91. The number of hydrogen-bond donors (Lipinski definition) is 3. The fourth-order valence-corrected chi connectivity index (χ4v) is 2.99. The van der Waals surface area contributed by atoms with Gasteiger partial charge in [0.05, 0.1) is 13.0 Å². The lowest BCUT2D eigenvalue weighted by Gasteiger charge is -2.27. The molecular formula is C18H27N3O3. The summed E-state index contributed by atoms with van der Waals surface area (Å²) in [4.78, 5) is 22.8. The second-order valence-electron chi connectivity index (χ2n) is 6.41. The van der Waals surface area contributed by atoms with Crippen molar-refractivity contribution >= 4 is 17.5 Å². The van der Waals surface area contributed by atoms with Crippen LogP contribution in [0.5, 0.6) is 5.75 Å². The average molecular weight is 333 g/mol. The van der Waals surface area contributed by atoms with Gasteiger partial charge in [-0.1, -0.05) is 6.92 Å².